The molecule has 342 valence electrons. The summed E-state index contributed by atoms with van der Waals surface area (Å²) in [6.45, 7) is 14.2. The van der Waals surface area contributed by atoms with Crippen LogP contribution in [0.5, 0.6) is 11.5 Å². The van der Waals surface area contributed by atoms with Crippen LogP contribution in [0.1, 0.15) is 75.3 Å². The highest BCUT2D eigenvalue weighted by Gasteiger charge is 2.64. The number of hydrogen-bond donors (Lipinski definition) is 2. The molecule has 3 saturated heterocycles. The monoisotopic (exact) mass is 907 g/mol. The predicted octanol–water partition coefficient (Wildman–Crippen LogP) is 4.11. The number of nitriles is 1. The van der Waals surface area contributed by atoms with Gasteiger partial charge in [-0.25, -0.2) is 0 Å². The van der Waals surface area contributed by atoms with Gasteiger partial charge in [0.05, 0.1) is 28.7 Å². The molecule has 1 aromatic heterocycles. The van der Waals surface area contributed by atoms with Crippen LogP contribution in [0.2, 0.25) is 5.02 Å². The molecule has 3 aromatic carbocycles. The Kier molecular flexibility index (Phi) is 13.1. The van der Waals surface area contributed by atoms with E-state index in [1.165, 1.54) is 6.07 Å². The van der Waals surface area contributed by atoms with E-state index in [2.05, 4.69) is 64.5 Å². The molecule has 4 heterocycles. The summed E-state index contributed by atoms with van der Waals surface area (Å²) in [6, 6.07) is 18.5. The minimum absolute atomic E-state index is 0.0647. The number of nitrogens with zero attached hydrogens (tertiary/aromatic N) is 7. The van der Waals surface area contributed by atoms with Gasteiger partial charge in [-0.15, -0.1) is 5.10 Å². The molecule has 2 N–H and O–H groups in total. The number of imide groups is 1. The van der Waals surface area contributed by atoms with Crippen LogP contribution in [0, 0.1) is 22.2 Å². The molecule has 1 unspecified atom stereocenters. The van der Waals surface area contributed by atoms with Crippen molar-refractivity contribution in [1.29, 1.82) is 5.26 Å². The van der Waals surface area contributed by atoms with Gasteiger partial charge >= 0.3 is 0 Å². The Morgan fingerprint density at radius 3 is 2.29 bits per heavy atom. The lowest BCUT2D eigenvalue weighted by Crippen LogP contribution is -2.74. The van der Waals surface area contributed by atoms with Crippen molar-refractivity contribution in [2.75, 3.05) is 63.9 Å². The topological polar surface area (TPSA) is 201 Å². The molecule has 8 rings (SSSR count). The quantitative estimate of drug-likeness (QED) is 0.182. The second kappa shape index (κ2) is 18.8. The number of carbonyl (C=O) groups is 4. The highest BCUT2D eigenvalue weighted by molar-refractivity contribution is 6.31. The number of ether oxygens (including phenoxy) is 3. The number of aromatic nitrogens is 3. The van der Waals surface area contributed by atoms with Gasteiger partial charge in [0.1, 0.15) is 35.2 Å². The number of carbonyl (C=O) groups excluding carboxylic acids is 4. The number of piperazine rings is 1. The Bertz CT molecular complexity index is 2550. The van der Waals surface area contributed by atoms with Gasteiger partial charge in [0.2, 0.25) is 5.91 Å². The van der Waals surface area contributed by atoms with Crippen molar-refractivity contribution >= 4 is 51.8 Å². The Balaban J connectivity index is 0.728. The van der Waals surface area contributed by atoms with E-state index in [0.717, 1.165) is 55.9 Å². The number of halogens is 1. The molecule has 4 amide bonds. The molecule has 0 radical (unpaired) electrons. The van der Waals surface area contributed by atoms with Crippen LogP contribution < -0.4 is 30.6 Å². The molecule has 1 aliphatic carbocycles. The van der Waals surface area contributed by atoms with Crippen molar-refractivity contribution in [3.05, 3.63) is 87.2 Å². The Labute approximate surface area is 381 Å². The van der Waals surface area contributed by atoms with Crippen LogP contribution in [-0.4, -0.2) is 126 Å². The number of amides is 4. The second-order valence-corrected chi connectivity index (χ2v) is 18.8. The minimum atomic E-state index is -0.937. The second-order valence-electron chi connectivity index (χ2n) is 18.4. The highest BCUT2D eigenvalue weighted by Crippen LogP contribution is 2.55. The number of fused-ring (bicyclic) bond motifs is 1. The zero-order chi connectivity index (χ0) is 46.0. The lowest BCUT2D eigenvalue weighted by molar-refractivity contribution is -0.164. The van der Waals surface area contributed by atoms with Crippen molar-refractivity contribution in [3.63, 3.8) is 0 Å². The Morgan fingerprint density at radius 2 is 1.62 bits per heavy atom. The number of piperidine rings is 2. The van der Waals surface area contributed by atoms with E-state index in [9.17, 15) is 29.2 Å². The number of benzene rings is 3. The van der Waals surface area contributed by atoms with Gasteiger partial charge in [0.15, 0.2) is 6.61 Å². The summed E-state index contributed by atoms with van der Waals surface area (Å²) in [5.74, 6) is -0.376. The SMILES string of the molecule is CC1(C)C(NC(=O)c2ccc(N3CCN(CCOC4CCN(C(=O)COc5ccc6nnn(C7CCC(=O)NC7=O)c(=O)c6c5)CC4)CC3)cc2)C(C)(C)C1Oc1ccc(C#N)c(Cl)c1. The van der Waals surface area contributed by atoms with Crippen molar-refractivity contribution in [1.82, 2.24) is 35.4 Å². The van der Waals surface area contributed by atoms with E-state index in [0.29, 0.717) is 52.9 Å². The van der Waals surface area contributed by atoms with Gasteiger partial charge in [-0.2, -0.15) is 9.94 Å². The predicted molar refractivity (Wildman–Crippen MR) is 241 cm³/mol. The number of hydrogen-bond acceptors (Lipinski definition) is 13. The van der Waals surface area contributed by atoms with E-state index < -0.39 is 23.4 Å². The maximum Gasteiger partial charge on any atom is 0.278 e. The Hall–Kier alpha value is -6.09. The molecule has 4 aromatic rings. The fraction of sp³-hybridized carbons (Fsp3) is 0.489. The first kappa shape index (κ1) is 45.5. The lowest BCUT2D eigenvalue weighted by atomic mass is 9.49. The van der Waals surface area contributed by atoms with Crippen molar-refractivity contribution in [2.45, 2.75) is 77.7 Å². The van der Waals surface area contributed by atoms with Crippen LogP contribution in [-0.2, 0) is 19.1 Å². The summed E-state index contributed by atoms with van der Waals surface area (Å²) in [5, 5.41) is 23.2. The third kappa shape index (κ3) is 9.66. The average Bonchev–Trinajstić information content (AvgIpc) is 3.30. The molecule has 4 fully saturated rings. The first-order valence-corrected chi connectivity index (χ1v) is 22.5. The van der Waals surface area contributed by atoms with E-state index in [1.807, 2.05) is 24.3 Å². The summed E-state index contributed by atoms with van der Waals surface area (Å²) in [4.78, 5) is 70.2. The first-order valence-electron chi connectivity index (χ1n) is 22.1. The van der Waals surface area contributed by atoms with Gasteiger partial charge in [-0.3, -0.25) is 34.2 Å². The number of likely N-dealkylation sites (tertiary alicyclic amines) is 1. The fourth-order valence-corrected chi connectivity index (χ4v) is 10.2. The van der Waals surface area contributed by atoms with E-state index >= 15 is 0 Å². The third-order valence-corrected chi connectivity index (χ3v) is 13.7. The van der Waals surface area contributed by atoms with Gasteiger partial charge in [0, 0.05) is 86.4 Å². The number of rotatable bonds is 13. The number of nitrogens with one attached hydrogen (secondary N) is 2. The van der Waals surface area contributed by atoms with Gasteiger partial charge in [0.25, 0.3) is 23.3 Å². The average molecular weight is 908 g/mol. The minimum Gasteiger partial charge on any atom is -0.489 e. The maximum absolute atomic E-state index is 13.5. The molecule has 3 aliphatic heterocycles. The number of anilines is 1. The molecule has 1 atom stereocenters. The molecule has 0 bridgehead atoms. The smallest absolute Gasteiger partial charge is 0.278 e. The summed E-state index contributed by atoms with van der Waals surface area (Å²) in [5.41, 5.74) is 1.13. The zero-order valence-electron chi connectivity index (χ0n) is 37.0. The van der Waals surface area contributed by atoms with Crippen LogP contribution in [0.4, 0.5) is 5.69 Å². The molecule has 65 heavy (non-hydrogen) atoms. The molecule has 17 nitrogen and oxygen atoms in total. The molecular formula is C47H54ClN9O8. The van der Waals surface area contributed by atoms with Crippen LogP contribution in [0.3, 0.4) is 0 Å². The standard InChI is InChI=1S/C47H54ClN9O8/c1-46(2)44(47(3,4)45(46)65-34-10-7-30(27-49)36(48)26-34)51-41(60)29-5-8-31(9-6-29)55-21-19-54(20-22-55)23-24-63-32-15-17-56(18-16-32)40(59)28-64-33-11-12-37-35(25-33)43(62)57(53-52-37)38-13-14-39(58)50-42(38)61/h5-12,25-26,32,38,44-45H,13-24,28H2,1-4H3,(H,51,60)(H,50,58,61). The molecule has 4 aliphatic rings. The normalized spacial score (nSPS) is 22.1. The van der Waals surface area contributed by atoms with E-state index in [-0.39, 0.29) is 65.7 Å². The highest BCUT2D eigenvalue weighted by atomic mass is 35.5. The van der Waals surface area contributed by atoms with Gasteiger partial charge < -0.3 is 29.3 Å². The third-order valence-electron chi connectivity index (χ3n) is 13.4. The molecular weight excluding hydrogens is 854 g/mol. The van der Waals surface area contributed by atoms with E-state index in [4.69, 9.17) is 25.8 Å². The lowest BCUT2D eigenvalue weighted by Gasteiger charge is -2.63. The molecule has 0 spiro atoms. The first-order chi connectivity index (χ1) is 31.1. The maximum atomic E-state index is 13.5. The molecule has 1 saturated carbocycles. The van der Waals surface area contributed by atoms with Crippen LogP contribution in [0.15, 0.2) is 65.5 Å². The Morgan fingerprint density at radius 1 is 0.908 bits per heavy atom. The van der Waals surface area contributed by atoms with Crippen molar-refractivity contribution in [3.8, 4) is 17.6 Å². The summed E-state index contributed by atoms with van der Waals surface area (Å²) in [6.07, 6.45) is 1.57. The van der Waals surface area contributed by atoms with Gasteiger partial charge in [-0.1, -0.05) is 44.5 Å². The zero-order valence-corrected chi connectivity index (χ0v) is 37.8. The summed E-state index contributed by atoms with van der Waals surface area (Å²) in [7, 11) is 0. The fourth-order valence-electron chi connectivity index (χ4n) is 9.96. The van der Waals surface area contributed by atoms with E-state index in [1.54, 1.807) is 35.2 Å². The van der Waals surface area contributed by atoms with Crippen LogP contribution >= 0.6 is 11.6 Å². The summed E-state index contributed by atoms with van der Waals surface area (Å²) < 4.78 is 19.4. The largest absolute Gasteiger partial charge is 0.489 e. The van der Waals surface area contributed by atoms with Gasteiger partial charge in [-0.05, 0) is 73.9 Å². The van der Waals surface area contributed by atoms with Crippen LogP contribution in [0.25, 0.3) is 10.9 Å². The van der Waals surface area contributed by atoms with Crippen molar-refractivity contribution < 1.29 is 33.4 Å². The summed E-state index contributed by atoms with van der Waals surface area (Å²) >= 11 is 6.25. The molecule has 18 heteroatoms. The van der Waals surface area contributed by atoms with Crippen molar-refractivity contribution in [2.24, 2.45) is 10.8 Å².